The van der Waals surface area contributed by atoms with Gasteiger partial charge in [-0.05, 0) is 59.7 Å². The molecule has 11 aromatic rings. The number of fused-ring (bicyclic) bond motifs is 2. The summed E-state index contributed by atoms with van der Waals surface area (Å²) in [6.07, 6.45) is 0. The van der Waals surface area contributed by atoms with Gasteiger partial charge < -0.3 is 9.13 Å². The van der Waals surface area contributed by atoms with Gasteiger partial charge in [0.2, 0.25) is 0 Å². The summed E-state index contributed by atoms with van der Waals surface area (Å²) < 4.78 is 4.85. The lowest BCUT2D eigenvalue weighted by Crippen LogP contribution is -2.01. The van der Waals surface area contributed by atoms with Gasteiger partial charge in [0.25, 0.3) is 0 Å². The van der Waals surface area contributed by atoms with Gasteiger partial charge in [-0.3, -0.25) is 0 Å². The standard InChI is InChI=1S/C55H37N5/c1-6-20-38(21-7-1)51-49(45-30-16-18-32-47(45)59(51)43-28-14-5-15-29-43)50-46-31-17-19-33-48(46)60(52(50)39-22-8-2-9-23-39)44-36-34-42(35-37-44)55-57-53(40-24-10-3-11-25-40)56-54(58-55)41-26-12-4-13-27-41/h1-37H. The fraction of sp³-hybridized carbons (Fsp3) is 0. The van der Waals surface area contributed by atoms with Crippen LogP contribution >= 0.6 is 0 Å². The average Bonchev–Trinajstić information content (AvgIpc) is 3.86. The highest BCUT2D eigenvalue weighted by atomic mass is 15.0. The summed E-state index contributed by atoms with van der Waals surface area (Å²) in [7, 11) is 0. The molecule has 0 spiro atoms. The molecule has 5 heteroatoms. The lowest BCUT2D eigenvalue weighted by atomic mass is 9.93. The van der Waals surface area contributed by atoms with Crippen molar-refractivity contribution in [3.05, 3.63) is 224 Å². The van der Waals surface area contributed by atoms with Gasteiger partial charge >= 0.3 is 0 Å². The average molecular weight is 768 g/mol. The van der Waals surface area contributed by atoms with E-state index in [2.05, 4.69) is 173 Å². The van der Waals surface area contributed by atoms with Crippen LogP contribution in [0, 0.1) is 0 Å². The molecule has 60 heavy (non-hydrogen) atoms. The predicted octanol–water partition coefficient (Wildman–Crippen LogP) is 13.8. The van der Waals surface area contributed by atoms with Crippen LogP contribution in [0.5, 0.6) is 0 Å². The first-order valence-electron chi connectivity index (χ1n) is 20.2. The topological polar surface area (TPSA) is 48.5 Å². The third-order valence-electron chi connectivity index (χ3n) is 11.2. The summed E-state index contributed by atoms with van der Waals surface area (Å²) >= 11 is 0. The second kappa shape index (κ2) is 15.0. The quantitative estimate of drug-likeness (QED) is 0.155. The maximum absolute atomic E-state index is 5.02. The molecule has 0 amide bonds. The smallest absolute Gasteiger partial charge is 0.164 e. The Kier molecular flexibility index (Phi) is 8.75. The van der Waals surface area contributed by atoms with Crippen LogP contribution in [-0.4, -0.2) is 24.1 Å². The second-order valence-electron chi connectivity index (χ2n) is 14.8. The van der Waals surface area contributed by atoms with Crippen LogP contribution < -0.4 is 0 Å². The highest BCUT2D eigenvalue weighted by Crippen LogP contribution is 2.50. The fourth-order valence-corrected chi connectivity index (χ4v) is 8.54. The van der Waals surface area contributed by atoms with Crippen LogP contribution in [-0.2, 0) is 0 Å². The molecule has 282 valence electrons. The van der Waals surface area contributed by atoms with Gasteiger partial charge in [0.05, 0.1) is 22.4 Å². The highest BCUT2D eigenvalue weighted by molar-refractivity contribution is 6.16. The zero-order valence-electron chi connectivity index (χ0n) is 32.6. The van der Waals surface area contributed by atoms with Gasteiger partial charge in [0, 0.05) is 50.0 Å². The van der Waals surface area contributed by atoms with E-state index in [0.717, 1.165) is 61.6 Å². The number of benzene rings is 8. The molecule has 0 bridgehead atoms. The summed E-state index contributed by atoms with van der Waals surface area (Å²) in [5, 5.41) is 2.36. The van der Waals surface area contributed by atoms with Gasteiger partial charge in [-0.1, -0.05) is 176 Å². The van der Waals surface area contributed by atoms with Crippen molar-refractivity contribution >= 4 is 21.8 Å². The lowest BCUT2D eigenvalue weighted by molar-refractivity contribution is 1.07. The van der Waals surface area contributed by atoms with E-state index in [0.29, 0.717) is 17.5 Å². The summed E-state index contributed by atoms with van der Waals surface area (Å²) in [6.45, 7) is 0. The molecule has 0 N–H and O–H groups in total. The third-order valence-corrected chi connectivity index (χ3v) is 11.2. The molecule has 3 aromatic heterocycles. The van der Waals surface area contributed by atoms with Gasteiger partial charge in [0.15, 0.2) is 17.5 Å². The fourth-order valence-electron chi connectivity index (χ4n) is 8.54. The number of nitrogens with zero attached hydrogens (tertiary/aromatic N) is 5. The van der Waals surface area contributed by atoms with Crippen LogP contribution in [0.2, 0.25) is 0 Å². The number of aromatic nitrogens is 5. The zero-order chi connectivity index (χ0) is 39.8. The Morgan fingerprint density at radius 1 is 0.250 bits per heavy atom. The monoisotopic (exact) mass is 767 g/mol. The number of rotatable bonds is 8. The molecule has 0 aliphatic rings. The van der Waals surface area contributed by atoms with Crippen LogP contribution in [0.3, 0.4) is 0 Å². The van der Waals surface area contributed by atoms with Crippen molar-refractivity contribution in [1.82, 2.24) is 24.1 Å². The Labute approximate surface area is 348 Å². The van der Waals surface area contributed by atoms with Crippen LogP contribution in [0.15, 0.2) is 224 Å². The Hall–Kier alpha value is -8.15. The first kappa shape index (κ1) is 35.0. The Morgan fingerprint density at radius 2 is 0.550 bits per heavy atom. The van der Waals surface area contributed by atoms with Gasteiger partial charge in [-0.15, -0.1) is 0 Å². The molecule has 8 aromatic carbocycles. The highest BCUT2D eigenvalue weighted by Gasteiger charge is 2.28. The molecule has 5 nitrogen and oxygen atoms in total. The maximum atomic E-state index is 5.02. The van der Waals surface area contributed by atoms with Crippen molar-refractivity contribution in [3.63, 3.8) is 0 Å². The van der Waals surface area contributed by atoms with E-state index < -0.39 is 0 Å². The molecule has 0 fully saturated rings. The van der Waals surface area contributed by atoms with Crippen LogP contribution in [0.4, 0.5) is 0 Å². The first-order valence-corrected chi connectivity index (χ1v) is 20.2. The minimum atomic E-state index is 0.622. The first-order chi connectivity index (χ1) is 29.8. The third kappa shape index (κ3) is 6.08. The summed E-state index contributed by atoms with van der Waals surface area (Å²) in [5.74, 6) is 1.90. The number of hydrogen-bond acceptors (Lipinski definition) is 3. The van der Waals surface area contributed by atoms with Crippen molar-refractivity contribution < 1.29 is 0 Å². The van der Waals surface area contributed by atoms with Crippen molar-refractivity contribution in [1.29, 1.82) is 0 Å². The Bertz CT molecular complexity index is 3210. The summed E-state index contributed by atoms with van der Waals surface area (Å²) in [4.78, 5) is 15.0. The molecule has 0 aliphatic heterocycles. The van der Waals surface area contributed by atoms with E-state index in [4.69, 9.17) is 15.0 Å². The molecular formula is C55H37N5. The Balaban J connectivity index is 1.17. The summed E-state index contributed by atoms with van der Waals surface area (Å²) in [6, 6.07) is 78.8. The van der Waals surface area contributed by atoms with E-state index in [1.54, 1.807) is 0 Å². The lowest BCUT2D eigenvalue weighted by Gasteiger charge is -2.16. The molecule has 3 heterocycles. The second-order valence-corrected chi connectivity index (χ2v) is 14.8. The normalized spacial score (nSPS) is 11.3. The molecule has 0 atom stereocenters. The van der Waals surface area contributed by atoms with Gasteiger partial charge in [0.1, 0.15) is 0 Å². The molecular weight excluding hydrogens is 731 g/mol. The van der Waals surface area contributed by atoms with Crippen molar-refractivity contribution in [2.24, 2.45) is 0 Å². The minimum absolute atomic E-state index is 0.622. The number of hydrogen-bond donors (Lipinski definition) is 0. The zero-order valence-corrected chi connectivity index (χ0v) is 32.6. The Morgan fingerprint density at radius 3 is 0.950 bits per heavy atom. The maximum Gasteiger partial charge on any atom is 0.164 e. The molecule has 11 rings (SSSR count). The summed E-state index contributed by atoms with van der Waals surface area (Å²) in [5.41, 5.74) is 14.1. The molecule has 0 aliphatic carbocycles. The predicted molar refractivity (Wildman–Crippen MR) is 246 cm³/mol. The van der Waals surface area contributed by atoms with E-state index >= 15 is 0 Å². The van der Waals surface area contributed by atoms with E-state index in [-0.39, 0.29) is 0 Å². The van der Waals surface area contributed by atoms with Crippen molar-refractivity contribution in [2.75, 3.05) is 0 Å². The molecule has 0 saturated carbocycles. The SMILES string of the molecule is c1ccc(-c2nc(-c3ccccc3)nc(-c3ccc(-n4c(-c5ccccc5)c(-c5c(-c6ccccc6)n(-c6ccccc6)c6ccccc56)c5ccccc54)cc3)n2)cc1. The van der Waals surface area contributed by atoms with E-state index in [9.17, 15) is 0 Å². The molecule has 0 radical (unpaired) electrons. The number of para-hydroxylation sites is 3. The minimum Gasteiger partial charge on any atom is -0.309 e. The largest absolute Gasteiger partial charge is 0.309 e. The molecule has 0 saturated heterocycles. The van der Waals surface area contributed by atoms with E-state index in [1.165, 1.54) is 21.9 Å². The van der Waals surface area contributed by atoms with Crippen molar-refractivity contribution in [3.8, 4) is 79.2 Å². The van der Waals surface area contributed by atoms with Gasteiger partial charge in [-0.2, -0.15) is 0 Å². The van der Waals surface area contributed by atoms with Crippen molar-refractivity contribution in [2.45, 2.75) is 0 Å². The van der Waals surface area contributed by atoms with E-state index in [1.807, 2.05) is 60.7 Å². The molecule has 0 unspecified atom stereocenters. The van der Waals surface area contributed by atoms with Gasteiger partial charge in [-0.25, -0.2) is 15.0 Å². The van der Waals surface area contributed by atoms with Crippen LogP contribution in [0.1, 0.15) is 0 Å². The van der Waals surface area contributed by atoms with Crippen LogP contribution in [0.25, 0.3) is 101 Å².